The molecule has 2 aromatic carbocycles. The molecule has 0 unspecified atom stereocenters. The first kappa shape index (κ1) is 21.0. The average molecular weight is 562 g/mol. The van der Waals surface area contributed by atoms with Gasteiger partial charge in [-0.05, 0) is 70.2 Å². The molecule has 2 aliphatic heterocycles. The number of ether oxygens (including phenoxy) is 2. The molecule has 7 heteroatoms. The summed E-state index contributed by atoms with van der Waals surface area (Å²) >= 11 is 9.06. The quantitative estimate of drug-likeness (QED) is 0.289. The molecule has 0 saturated heterocycles. The molecule has 31 heavy (non-hydrogen) atoms. The Morgan fingerprint density at radius 3 is 2.77 bits per heavy atom. The van der Waals surface area contributed by atoms with Crippen LogP contribution in [0.2, 0.25) is 0 Å². The molecule has 2 atom stereocenters. The van der Waals surface area contributed by atoms with Crippen molar-refractivity contribution >= 4 is 48.9 Å². The number of benzene rings is 2. The summed E-state index contributed by atoms with van der Waals surface area (Å²) in [6.07, 6.45) is 2.74. The van der Waals surface area contributed by atoms with Crippen molar-refractivity contribution in [2.45, 2.75) is 38.5 Å². The smallest absolute Gasteiger partial charge is 0.213 e. The summed E-state index contributed by atoms with van der Waals surface area (Å²) in [4.78, 5) is 1.21. The highest BCUT2D eigenvalue weighted by Gasteiger charge is 2.42. The predicted molar refractivity (Wildman–Crippen MR) is 132 cm³/mol. The van der Waals surface area contributed by atoms with Gasteiger partial charge in [0.15, 0.2) is 0 Å². The Morgan fingerprint density at radius 2 is 2.03 bits per heavy atom. The Kier molecular flexibility index (Phi) is 6.08. The largest absolute Gasteiger partial charge is 0.494 e. The lowest BCUT2D eigenvalue weighted by atomic mass is 9.97. The molecule has 1 aromatic heterocycles. The van der Waals surface area contributed by atoms with Gasteiger partial charge in [0.1, 0.15) is 11.5 Å². The minimum absolute atomic E-state index is 0.125. The van der Waals surface area contributed by atoms with E-state index >= 15 is 0 Å². The van der Waals surface area contributed by atoms with Crippen LogP contribution in [0.4, 0.5) is 0 Å². The molecular weight excluding hydrogens is 540 g/mol. The van der Waals surface area contributed by atoms with E-state index in [1.54, 1.807) is 11.3 Å². The molecular formula is C24H22Br2N2O2S. The van der Waals surface area contributed by atoms with Gasteiger partial charge in [0.25, 0.3) is 0 Å². The molecule has 0 N–H and O–H groups in total. The first-order valence-electron chi connectivity index (χ1n) is 10.4. The fraction of sp³-hybridized carbons (Fsp3) is 0.292. The van der Waals surface area contributed by atoms with Gasteiger partial charge in [-0.15, -0.1) is 11.3 Å². The van der Waals surface area contributed by atoms with Crippen molar-refractivity contribution in [2.24, 2.45) is 5.10 Å². The zero-order chi connectivity index (χ0) is 21.4. The third-order valence-corrected chi connectivity index (χ3v) is 7.51. The molecule has 2 aliphatic rings. The molecule has 0 radical (unpaired) electrons. The van der Waals surface area contributed by atoms with Crippen LogP contribution in [0, 0.1) is 0 Å². The SMILES string of the molecule is CCCCOc1ccc([C@H]2Oc3c(Br)cc(Br)cc3[C@H]3CC(c4cccs4)=NN32)cc1. The van der Waals surface area contributed by atoms with Gasteiger partial charge in [-0.2, -0.15) is 5.10 Å². The van der Waals surface area contributed by atoms with E-state index in [9.17, 15) is 0 Å². The zero-order valence-electron chi connectivity index (χ0n) is 17.1. The molecule has 160 valence electrons. The van der Waals surface area contributed by atoms with Gasteiger partial charge >= 0.3 is 0 Å². The van der Waals surface area contributed by atoms with Crippen molar-refractivity contribution in [3.63, 3.8) is 0 Å². The molecule has 3 aromatic rings. The fourth-order valence-corrected chi connectivity index (χ4v) is 6.06. The number of thiophene rings is 1. The maximum Gasteiger partial charge on any atom is 0.213 e. The number of hydrogen-bond donors (Lipinski definition) is 0. The van der Waals surface area contributed by atoms with Crippen LogP contribution in [-0.4, -0.2) is 17.3 Å². The second-order valence-corrected chi connectivity index (χ2v) is 10.4. The number of hydrogen-bond acceptors (Lipinski definition) is 5. The molecule has 0 fully saturated rings. The summed E-state index contributed by atoms with van der Waals surface area (Å²) in [5.41, 5.74) is 3.31. The molecule has 0 aliphatic carbocycles. The van der Waals surface area contributed by atoms with Gasteiger partial charge in [-0.3, -0.25) is 0 Å². The van der Waals surface area contributed by atoms with Crippen LogP contribution in [0.3, 0.4) is 0 Å². The highest BCUT2D eigenvalue weighted by atomic mass is 79.9. The Hall–Kier alpha value is -1.83. The number of unbranched alkanes of at least 4 members (excludes halogenated alkanes) is 1. The van der Waals surface area contributed by atoms with Crippen LogP contribution in [0.5, 0.6) is 11.5 Å². The summed E-state index contributed by atoms with van der Waals surface area (Å²) in [6, 6.07) is 16.7. The van der Waals surface area contributed by atoms with Gasteiger partial charge in [-0.1, -0.05) is 35.3 Å². The van der Waals surface area contributed by atoms with E-state index < -0.39 is 0 Å². The molecule has 5 rings (SSSR count). The standard InChI is InChI=1S/C24H22Br2N2O2S/c1-2-3-10-29-17-8-6-15(7-9-17)24-28-21(14-20(27-28)22-5-4-11-31-22)18-12-16(25)13-19(26)23(18)30-24/h4-9,11-13,21,24H,2-3,10,14H2,1H3/t21-,24-/m1/s1. The van der Waals surface area contributed by atoms with E-state index in [1.807, 2.05) is 18.2 Å². The highest BCUT2D eigenvalue weighted by molar-refractivity contribution is 9.11. The van der Waals surface area contributed by atoms with Crippen LogP contribution in [0.25, 0.3) is 0 Å². The normalized spacial score (nSPS) is 19.5. The van der Waals surface area contributed by atoms with Gasteiger partial charge in [0.2, 0.25) is 6.23 Å². The average Bonchev–Trinajstić information content (AvgIpc) is 3.44. The van der Waals surface area contributed by atoms with Gasteiger partial charge < -0.3 is 9.47 Å². The summed E-state index contributed by atoms with van der Waals surface area (Å²) in [5.74, 6) is 1.78. The Labute approximate surface area is 203 Å². The lowest BCUT2D eigenvalue weighted by Crippen LogP contribution is -2.33. The summed E-state index contributed by atoms with van der Waals surface area (Å²) in [7, 11) is 0. The first-order valence-corrected chi connectivity index (χ1v) is 12.9. The number of halogens is 2. The number of hydrazone groups is 1. The lowest BCUT2D eigenvalue weighted by molar-refractivity contribution is -0.0197. The number of rotatable bonds is 6. The molecule has 0 bridgehead atoms. The van der Waals surface area contributed by atoms with E-state index in [4.69, 9.17) is 14.6 Å². The maximum absolute atomic E-state index is 6.54. The van der Waals surface area contributed by atoms with E-state index in [1.165, 1.54) is 4.88 Å². The molecule has 4 nitrogen and oxygen atoms in total. The van der Waals surface area contributed by atoms with E-state index in [0.29, 0.717) is 0 Å². The van der Waals surface area contributed by atoms with E-state index in [0.717, 1.165) is 63.2 Å². The van der Waals surface area contributed by atoms with Gasteiger partial charge in [-0.25, -0.2) is 5.01 Å². The van der Waals surface area contributed by atoms with Crippen LogP contribution in [0.15, 0.2) is 68.0 Å². The van der Waals surface area contributed by atoms with Gasteiger partial charge in [0.05, 0.1) is 27.7 Å². The third kappa shape index (κ3) is 4.15. The minimum atomic E-state index is -0.294. The van der Waals surface area contributed by atoms with E-state index in [-0.39, 0.29) is 12.3 Å². The second kappa shape index (κ2) is 8.96. The lowest BCUT2D eigenvalue weighted by Gasteiger charge is -2.38. The van der Waals surface area contributed by atoms with Crippen LogP contribution < -0.4 is 9.47 Å². The van der Waals surface area contributed by atoms with Crippen LogP contribution in [0.1, 0.15) is 54.5 Å². The molecule has 0 spiro atoms. The Morgan fingerprint density at radius 1 is 1.19 bits per heavy atom. The minimum Gasteiger partial charge on any atom is -0.494 e. The maximum atomic E-state index is 6.54. The topological polar surface area (TPSA) is 34.1 Å². The number of nitrogens with zero attached hydrogens (tertiary/aromatic N) is 2. The fourth-order valence-electron chi connectivity index (χ4n) is 3.99. The second-order valence-electron chi connectivity index (χ2n) is 7.67. The summed E-state index contributed by atoms with van der Waals surface area (Å²) in [6.45, 7) is 2.91. The van der Waals surface area contributed by atoms with Crippen molar-refractivity contribution < 1.29 is 9.47 Å². The zero-order valence-corrected chi connectivity index (χ0v) is 21.0. The van der Waals surface area contributed by atoms with Gasteiger partial charge in [0, 0.05) is 22.0 Å². The predicted octanol–water partition coefficient (Wildman–Crippen LogP) is 7.69. The number of fused-ring (bicyclic) bond motifs is 3. The Balaban J connectivity index is 1.50. The third-order valence-electron chi connectivity index (χ3n) is 5.55. The summed E-state index contributed by atoms with van der Waals surface area (Å²) < 4.78 is 14.3. The highest BCUT2D eigenvalue weighted by Crippen LogP contribution is 2.51. The molecule has 3 heterocycles. The van der Waals surface area contributed by atoms with Crippen molar-refractivity contribution in [1.29, 1.82) is 0 Å². The van der Waals surface area contributed by atoms with E-state index in [2.05, 4.69) is 79.5 Å². The molecule has 0 saturated carbocycles. The van der Waals surface area contributed by atoms with Crippen molar-refractivity contribution in [1.82, 2.24) is 5.01 Å². The first-order chi connectivity index (χ1) is 15.1. The van der Waals surface area contributed by atoms with Crippen LogP contribution in [-0.2, 0) is 0 Å². The van der Waals surface area contributed by atoms with Crippen molar-refractivity contribution in [2.75, 3.05) is 6.61 Å². The van der Waals surface area contributed by atoms with Crippen LogP contribution >= 0.6 is 43.2 Å². The summed E-state index contributed by atoms with van der Waals surface area (Å²) in [5, 5.41) is 9.24. The Bertz CT molecular complexity index is 1100. The molecule has 0 amide bonds. The monoisotopic (exact) mass is 560 g/mol. The van der Waals surface area contributed by atoms with Crippen molar-refractivity contribution in [3.05, 3.63) is 78.9 Å². The van der Waals surface area contributed by atoms with Crippen molar-refractivity contribution in [3.8, 4) is 11.5 Å².